The molecule has 0 unspecified atom stereocenters. The van der Waals surface area contributed by atoms with E-state index in [0.29, 0.717) is 5.11 Å². The normalized spacial score (nSPS) is 19.0. The predicted molar refractivity (Wildman–Crippen MR) is 116 cm³/mol. The Kier molecular flexibility index (Phi) is 4.81. The second kappa shape index (κ2) is 7.28. The van der Waals surface area contributed by atoms with E-state index in [9.17, 15) is 0 Å². The first-order valence-corrected chi connectivity index (χ1v) is 9.69. The van der Waals surface area contributed by atoms with Crippen molar-refractivity contribution in [3.8, 4) is 5.75 Å². The van der Waals surface area contributed by atoms with Gasteiger partial charge in [-0.25, -0.2) is 0 Å². The molecule has 6 heteroatoms. The van der Waals surface area contributed by atoms with E-state index < -0.39 is 0 Å². The number of aromatic nitrogens is 2. The van der Waals surface area contributed by atoms with Crippen LogP contribution in [0.2, 0.25) is 0 Å². The minimum Gasteiger partial charge on any atom is -0.497 e. The molecule has 0 aliphatic carbocycles. The Morgan fingerprint density at radius 3 is 2.43 bits per heavy atom. The van der Waals surface area contributed by atoms with Crippen molar-refractivity contribution in [2.75, 3.05) is 12.0 Å². The van der Waals surface area contributed by atoms with Crippen molar-refractivity contribution >= 4 is 23.0 Å². The smallest absolute Gasteiger partial charge is 0.174 e. The fourth-order valence-corrected chi connectivity index (χ4v) is 4.22. The van der Waals surface area contributed by atoms with Gasteiger partial charge >= 0.3 is 0 Å². The second-order valence-electron chi connectivity index (χ2n) is 7.08. The molecule has 1 fully saturated rings. The molecule has 1 N–H and O–H groups in total. The Balaban J connectivity index is 1.85. The number of anilines is 1. The second-order valence-corrected chi connectivity index (χ2v) is 7.47. The number of methoxy groups -OCH3 is 1. The summed E-state index contributed by atoms with van der Waals surface area (Å²) in [6.45, 7) is 4.29. The highest BCUT2D eigenvalue weighted by Crippen LogP contribution is 2.43. The molecule has 2 atom stereocenters. The zero-order valence-electron chi connectivity index (χ0n) is 16.5. The molecule has 28 heavy (non-hydrogen) atoms. The molecule has 1 aromatic carbocycles. The number of nitrogens with one attached hydrogen (secondary N) is 1. The molecule has 0 radical (unpaired) electrons. The van der Waals surface area contributed by atoms with Crippen molar-refractivity contribution in [2.24, 2.45) is 7.05 Å². The average Bonchev–Trinajstić information content (AvgIpc) is 3.20. The molecule has 1 saturated heterocycles. The van der Waals surface area contributed by atoms with Gasteiger partial charge in [0.2, 0.25) is 0 Å². The van der Waals surface area contributed by atoms with Crippen LogP contribution in [0.15, 0.2) is 54.7 Å². The topological polar surface area (TPSA) is 42.3 Å². The number of aryl methyl sites for hydroxylation is 1. The van der Waals surface area contributed by atoms with Crippen molar-refractivity contribution in [1.29, 1.82) is 0 Å². The number of nitrogens with zero attached hydrogens (tertiary/aromatic N) is 3. The number of thiocarbonyl (C=S) groups is 1. The maximum atomic E-state index is 5.77. The number of hydrogen-bond acceptors (Lipinski definition) is 3. The van der Waals surface area contributed by atoms with E-state index in [1.807, 2.05) is 42.6 Å². The zero-order valence-corrected chi connectivity index (χ0v) is 17.3. The molecule has 3 aromatic rings. The summed E-state index contributed by atoms with van der Waals surface area (Å²) in [6.07, 6.45) is 1.83. The van der Waals surface area contributed by atoms with Crippen LogP contribution in [0.4, 0.5) is 5.69 Å². The van der Waals surface area contributed by atoms with Crippen LogP contribution >= 0.6 is 12.2 Å². The molecule has 1 aliphatic heterocycles. The number of hydrogen-bond donors (Lipinski definition) is 1. The van der Waals surface area contributed by atoms with E-state index in [2.05, 4.69) is 52.8 Å². The van der Waals surface area contributed by atoms with Gasteiger partial charge in [0, 0.05) is 30.3 Å². The molecular formula is C22H24N4OS. The summed E-state index contributed by atoms with van der Waals surface area (Å²) < 4.78 is 7.54. The number of rotatable bonds is 4. The molecule has 0 bridgehead atoms. The van der Waals surface area contributed by atoms with Crippen LogP contribution in [-0.2, 0) is 7.05 Å². The van der Waals surface area contributed by atoms with Crippen LogP contribution in [0.3, 0.4) is 0 Å². The molecule has 0 saturated carbocycles. The lowest BCUT2D eigenvalue weighted by Gasteiger charge is -2.28. The first kappa shape index (κ1) is 18.5. The van der Waals surface area contributed by atoms with Gasteiger partial charge in [0.25, 0.3) is 0 Å². The number of benzene rings is 1. The predicted octanol–water partition coefficient (Wildman–Crippen LogP) is 4.22. The molecule has 5 nitrogen and oxygen atoms in total. The number of ether oxygens (including phenoxy) is 1. The largest absolute Gasteiger partial charge is 0.497 e. The maximum absolute atomic E-state index is 5.77. The van der Waals surface area contributed by atoms with Gasteiger partial charge in [-0.1, -0.05) is 6.07 Å². The number of pyridine rings is 1. The van der Waals surface area contributed by atoms with Gasteiger partial charge in [0.15, 0.2) is 5.11 Å². The summed E-state index contributed by atoms with van der Waals surface area (Å²) in [5.74, 6) is 0.825. The lowest BCUT2D eigenvalue weighted by atomic mass is 9.96. The van der Waals surface area contributed by atoms with Crippen molar-refractivity contribution in [3.63, 3.8) is 0 Å². The average molecular weight is 393 g/mol. The highest BCUT2D eigenvalue weighted by atomic mass is 32.1. The summed E-state index contributed by atoms with van der Waals surface area (Å²) in [6, 6.07) is 16.3. The summed E-state index contributed by atoms with van der Waals surface area (Å²) in [4.78, 5) is 6.80. The summed E-state index contributed by atoms with van der Waals surface area (Å²) in [5.41, 5.74) is 5.71. The van der Waals surface area contributed by atoms with E-state index in [1.165, 1.54) is 17.0 Å². The van der Waals surface area contributed by atoms with Crippen LogP contribution in [0.1, 0.15) is 34.7 Å². The summed E-state index contributed by atoms with van der Waals surface area (Å²) >= 11 is 5.77. The Bertz CT molecular complexity index is 997. The van der Waals surface area contributed by atoms with Gasteiger partial charge in [0.05, 0.1) is 24.9 Å². The van der Waals surface area contributed by atoms with Crippen LogP contribution in [-0.4, -0.2) is 21.8 Å². The molecule has 1 aliphatic rings. The van der Waals surface area contributed by atoms with Gasteiger partial charge in [-0.2, -0.15) is 0 Å². The van der Waals surface area contributed by atoms with Crippen molar-refractivity contribution in [3.05, 3.63) is 77.4 Å². The molecule has 2 aromatic heterocycles. The molecular weight excluding hydrogens is 368 g/mol. The van der Waals surface area contributed by atoms with Crippen LogP contribution in [0.25, 0.3) is 0 Å². The first-order valence-electron chi connectivity index (χ1n) is 9.28. The van der Waals surface area contributed by atoms with E-state index >= 15 is 0 Å². The van der Waals surface area contributed by atoms with E-state index in [-0.39, 0.29) is 12.1 Å². The van der Waals surface area contributed by atoms with E-state index in [1.54, 1.807) is 7.11 Å². The molecule has 3 heterocycles. The Hall–Kier alpha value is -2.86. The molecule has 144 valence electrons. The van der Waals surface area contributed by atoms with Gasteiger partial charge < -0.3 is 19.5 Å². The summed E-state index contributed by atoms with van der Waals surface area (Å²) in [5, 5.41) is 4.21. The summed E-state index contributed by atoms with van der Waals surface area (Å²) in [7, 11) is 3.77. The maximum Gasteiger partial charge on any atom is 0.174 e. The Labute approximate surface area is 171 Å². The van der Waals surface area contributed by atoms with Crippen molar-refractivity contribution < 1.29 is 4.74 Å². The lowest BCUT2D eigenvalue weighted by Crippen LogP contribution is -2.29. The SMILES string of the molecule is COc1ccc(N2C(=S)N[C@@H](c3ccccn3)[C@@H]2c2cc(C)n(C)c2C)cc1. The molecule has 0 amide bonds. The monoisotopic (exact) mass is 392 g/mol. The van der Waals surface area contributed by atoms with Crippen molar-refractivity contribution in [1.82, 2.24) is 14.9 Å². The minimum atomic E-state index is -0.0312. The standard InChI is InChI=1S/C22H24N4OS/c1-14-13-18(15(2)25(14)3)21-20(19-7-5-6-12-23-19)24-22(28)26(21)16-8-10-17(27-4)11-9-16/h5-13,20-21H,1-4H3,(H,24,28)/t20-,21-/m0/s1. The Morgan fingerprint density at radius 2 is 1.86 bits per heavy atom. The minimum absolute atomic E-state index is 0.00990. The fraction of sp³-hybridized carbons (Fsp3) is 0.273. The fourth-order valence-electron chi connectivity index (χ4n) is 3.88. The third-order valence-electron chi connectivity index (χ3n) is 5.58. The zero-order chi connectivity index (χ0) is 19.8. The van der Waals surface area contributed by atoms with Crippen LogP contribution < -0.4 is 15.0 Å². The van der Waals surface area contributed by atoms with Gasteiger partial charge in [-0.15, -0.1) is 0 Å². The van der Waals surface area contributed by atoms with Gasteiger partial charge in [-0.05, 0) is 74.1 Å². The quantitative estimate of drug-likeness (QED) is 0.673. The Morgan fingerprint density at radius 1 is 1.11 bits per heavy atom. The highest BCUT2D eigenvalue weighted by Gasteiger charge is 2.42. The van der Waals surface area contributed by atoms with Gasteiger partial charge in [-0.3, -0.25) is 4.98 Å². The van der Waals surface area contributed by atoms with Crippen molar-refractivity contribution in [2.45, 2.75) is 25.9 Å². The van der Waals surface area contributed by atoms with Crippen LogP contribution in [0, 0.1) is 13.8 Å². The van der Waals surface area contributed by atoms with E-state index in [4.69, 9.17) is 17.0 Å². The third-order valence-corrected chi connectivity index (χ3v) is 5.90. The lowest BCUT2D eigenvalue weighted by molar-refractivity contribution is 0.415. The molecule has 0 spiro atoms. The van der Waals surface area contributed by atoms with E-state index in [0.717, 1.165) is 17.1 Å². The molecule has 4 rings (SSSR count). The first-order chi connectivity index (χ1) is 13.5. The highest BCUT2D eigenvalue weighted by molar-refractivity contribution is 7.80. The van der Waals surface area contributed by atoms with Crippen LogP contribution in [0.5, 0.6) is 5.75 Å². The third kappa shape index (κ3) is 3.03. The van der Waals surface area contributed by atoms with Gasteiger partial charge in [0.1, 0.15) is 5.75 Å².